The third kappa shape index (κ3) is 7.29. The first-order valence-corrected chi connectivity index (χ1v) is 30.6. The Bertz CT molecular complexity index is 5180. The number of hydrogen-bond donors (Lipinski definition) is 0. The SMILES string of the molecule is [C-]#[N+]c1ccc2c(c1)c1ccccc1n2-c1nc(-c2ccc([Si](c3ccccc3)(c3ccccc3)c3ccccc3)cc2)nc(-n2c3ccc(-n4c5ccccc5c5ccccc54)cc3c3cc(-n4c5ccccc5c5ccccc54)ccc32)n1. The fourth-order valence-corrected chi connectivity index (χ4v) is 18.5. The molecule has 8 nitrogen and oxygen atoms in total. The first kappa shape index (κ1) is 48.3. The summed E-state index contributed by atoms with van der Waals surface area (Å²) >= 11 is 0. The summed E-state index contributed by atoms with van der Waals surface area (Å²) in [6, 6.07) is 105. The van der Waals surface area contributed by atoms with Gasteiger partial charge in [-0.3, -0.25) is 9.13 Å². The Hall–Kier alpha value is -11.4. The van der Waals surface area contributed by atoms with Crippen molar-refractivity contribution in [2.45, 2.75) is 0 Å². The molecule has 0 bridgehead atoms. The summed E-state index contributed by atoms with van der Waals surface area (Å²) in [5.74, 6) is 1.47. The van der Waals surface area contributed by atoms with E-state index >= 15 is 0 Å². The molecule has 0 aliphatic carbocycles. The fourth-order valence-electron chi connectivity index (χ4n) is 13.8. The quantitative estimate of drug-likeness (QED) is 0.0822. The van der Waals surface area contributed by atoms with Crippen LogP contribution in [0, 0.1) is 6.57 Å². The number of para-hydroxylation sites is 5. The molecule has 0 atom stereocenters. The fraction of sp³-hybridized carbons (Fsp3) is 0. The highest BCUT2D eigenvalue weighted by atomic mass is 28.3. The van der Waals surface area contributed by atoms with E-state index in [1.165, 1.54) is 42.3 Å². The van der Waals surface area contributed by atoms with Crippen molar-refractivity contribution in [1.29, 1.82) is 0 Å². The van der Waals surface area contributed by atoms with Crippen molar-refractivity contribution in [3.8, 4) is 34.7 Å². The molecule has 396 valence electrons. The highest BCUT2D eigenvalue weighted by Crippen LogP contribution is 2.41. The van der Waals surface area contributed by atoms with Crippen molar-refractivity contribution in [3.63, 3.8) is 0 Å². The summed E-state index contributed by atoms with van der Waals surface area (Å²) in [7, 11) is -2.86. The zero-order chi connectivity index (χ0) is 56.2. The molecule has 5 aromatic heterocycles. The van der Waals surface area contributed by atoms with Crippen LogP contribution in [0.2, 0.25) is 0 Å². The van der Waals surface area contributed by atoms with Gasteiger partial charge in [0.2, 0.25) is 11.9 Å². The van der Waals surface area contributed by atoms with Crippen LogP contribution in [0.1, 0.15) is 0 Å². The lowest BCUT2D eigenvalue weighted by Crippen LogP contribution is -2.74. The predicted octanol–water partition coefficient (Wildman–Crippen LogP) is 15.9. The Kier molecular flexibility index (Phi) is 10.8. The second-order valence-electron chi connectivity index (χ2n) is 21.8. The van der Waals surface area contributed by atoms with Crippen LogP contribution in [0.5, 0.6) is 0 Å². The van der Waals surface area contributed by atoms with Gasteiger partial charge in [0.1, 0.15) is 0 Å². The molecule has 9 heteroatoms. The molecular weight excluding hydrogens is 1050 g/mol. The Morgan fingerprint density at radius 3 is 0.988 bits per heavy atom. The van der Waals surface area contributed by atoms with E-state index in [1.54, 1.807) is 0 Å². The Morgan fingerprint density at radius 2 is 0.588 bits per heavy atom. The number of aromatic nitrogens is 7. The molecule has 12 aromatic carbocycles. The average Bonchev–Trinajstić information content (AvgIpc) is 3.07. The van der Waals surface area contributed by atoms with Crippen molar-refractivity contribution in [1.82, 2.24) is 33.2 Å². The van der Waals surface area contributed by atoms with Gasteiger partial charge in [-0.1, -0.05) is 212 Å². The lowest BCUT2D eigenvalue weighted by atomic mass is 10.1. The maximum atomic E-state index is 7.99. The molecule has 17 rings (SSSR count). The zero-order valence-corrected chi connectivity index (χ0v) is 46.8. The highest BCUT2D eigenvalue weighted by Gasteiger charge is 2.41. The minimum absolute atomic E-state index is 0.464. The van der Waals surface area contributed by atoms with Crippen LogP contribution < -0.4 is 20.7 Å². The van der Waals surface area contributed by atoms with Gasteiger partial charge in [-0.2, -0.15) is 15.0 Å². The molecule has 0 unspecified atom stereocenters. The molecule has 17 aromatic rings. The predicted molar refractivity (Wildman–Crippen MR) is 352 cm³/mol. The zero-order valence-electron chi connectivity index (χ0n) is 45.8. The number of nitrogens with zero attached hydrogens (tertiary/aromatic N) is 8. The standard InChI is InChI=1S/C76H48N8Si/c1-77-51-39-44-71-63(47-51)62-31-15-20-36-70(62)83(71)75-78-74(50-37-42-57(43-38-50)85(54-21-5-2-6-22-54,55-23-7-3-8-24-55)56-25-9-4-10-26-56)79-76(80-75)84-72-45-40-52(81-66-32-16-11-27-58(66)59-28-12-17-33-67(59)81)48-64(72)65-49-53(41-46-73(65)84)82-68-34-18-13-29-60(68)61-30-14-19-35-69(61)82/h2-49H. The summed E-state index contributed by atoms with van der Waals surface area (Å²) < 4.78 is 9.13. The topological polar surface area (TPSA) is 62.8 Å². The van der Waals surface area contributed by atoms with Gasteiger partial charge in [-0.05, 0) is 105 Å². The lowest BCUT2D eigenvalue weighted by Gasteiger charge is -2.34. The van der Waals surface area contributed by atoms with E-state index in [4.69, 9.17) is 21.5 Å². The highest BCUT2D eigenvalue weighted by molar-refractivity contribution is 7.19. The van der Waals surface area contributed by atoms with Crippen LogP contribution >= 0.6 is 0 Å². The van der Waals surface area contributed by atoms with Crippen molar-refractivity contribution < 1.29 is 0 Å². The Morgan fingerprint density at radius 1 is 0.271 bits per heavy atom. The molecular formula is C76H48N8Si. The van der Waals surface area contributed by atoms with E-state index in [2.05, 4.69) is 284 Å². The van der Waals surface area contributed by atoms with Gasteiger partial charge in [0.25, 0.3) is 0 Å². The summed E-state index contributed by atoms with van der Waals surface area (Å²) in [4.78, 5) is 20.6. The summed E-state index contributed by atoms with van der Waals surface area (Å²) in [5, 5.41) is 14.0. The molecule has 0 spiro atoms. The molecule has 0 radical (unpaired) electrons. The average molecular weight is 1100 g/mol. The summed E-state index contributed by atoms with van der Waals surface area (Å²) in [6.07, 6.45) is 0. The molecule has 0 saturated heterocycles. The van der Waals surface area contributed by atoms with E-state index in [0.29, 0.717) is 23.4 Å². The normalized spacial score (nSPS) is 12.0. The molecule has 5 heterocycles. The van der Waals surface area contributed by atoms with Gasteiger partial charge in [0.15, 0.2) is 19.6 Å². The van der Waals surface area contributed by atoms with Gasteiger partial charge >= 0.3 is 0 Å². The lowest BCUT2D eigenvalue weighted by molar-refractivity contribution is 0.893. The van der Waals surface area contributed by atoms with Gasteiger partial charge in [0, 0.05) is 54.6 Å². The Balaban J connectivity index is 0.941. The van der Waals surface area contributed by atoms with Crippen LogP contribution in [0.25, 0.3) is 127 Å². The second-order valence-corrected chi connectivity index (χ2v) is 25.6. The number of hydrogen-bond acceptors (Lipinski definition) is 3. The Labute approximate surface area is 489 Å². The molecule has 0 aliphatic heterocycles. The van der Waals surface area contributed by atoms with E-state index < -0.39 is 8.07 Å². The first-order valence-electron chi connectivity index (χ1n) is 28.6. The molecule has 0 fully saturated rings. The van der Waals surface area contributed by atoms with E-state index in [9.17, 15) is 0 Å². The van der Waals surface area contributed by atoms with E-state index in [0.717, 1.165) is 82.6 Å². The molecule has 0 saturated carbocycles. The summed E-state index contributed by atoms with van der Waals surface area (Å²) in [6.45, 7) is 7.99. The number of rotatable bonds is 9. The van der Waals surface area contributed by atoms with Crippen LogP contribution in [0.3, 0.4) is 0 Å². The molecule has 85 heavy (non-hydrogen) atoms. The van der Waals surface area contributed by atoms with Crippen LogP contribution in [-0.2, 0) is 0 Å². The van der Waals surface area contributed by atoms with Gasteiger partial charge in [-0.15, -0.1) is 0 Å². The maximum absolute atomic E-state index is 7.99. The van der Waals surface area contributed by atoms with Crippen molar-refractivity contribution in [2.24, 2.45) is 0 Å². The van der Waals surface area contributed by atoms with Gasteiger partial charge in [0.05, 0.1) is 50.7 Å². The van der Waals surface area contributed by atoms with Crippen LogP contribution in [0.15, 0.2) is 291 Å². The van der Waals surface area contributed by atoms with Crippen LogP contribution in [-0.4, -0.2) is 41.3 Å². The smallest absolute Gasteiger partial charge is 0.240 e. The van der Waals surface area contributed by atoms with Crippen molar-refractivity contribution >= 4 is 122 Å². The molecule has 0 N–H and O–H groups in total. The maximum Gasteiger partial charge on any atom is 0.240 e. The van der Waals surface area contributed by atoms with Crippen molar-refractivity contribution in [2.75, 3.05) is 0 Å². The largest absolute Gasteiger partial charge is 0.309 e. The monoisotopic (exact) mass is 1100 g/mol. The van der Waals surface area contributed by atoms with E-state index in [-0.39, 0.29) is 0 Å². The number of benzene rings is 12. The minimum atomic E-state index is -2.86. The van der Waals surface area contributed by atoms with Crippen LogP contribution in [0.4, 0.5) is 5.69 Å². The van der Waals surface area contributed by atoms with E-state index in [1.807, 2.05) is 30.3 Å². The van der Waals surface area contributed by atoms with Gasteiger partial charge in [-0.25, -0.2) is 4.85 Å². The third-order valence-electron chi connectivity index (χ3n) is 17.4. The second kappa shape index (κ2) is 19.1. The van der Waals surface area contributed by atoms with Gasteiger partial charge < -0.3 is 9.13 Å². The number of fused-ring (bicyclic) bond motifs is 12. The summed E-state index contributed by atoms with van der Waals surface area (Å²) in [5.41, 5.74) is 11.8. The third-order valence-corrected chi connectivity index (χ3v) is 22.2. The minimum Gasteiger partial charge on any atom is -0.309 e. The molecule has 0 amide bonds. The van der Waals surface area contributed by atoms with Crippen molar-refractivity contribution in [3.05, 3.63) is 303 Å². The first-order chi connectivity index (χ1) is 42.1. The molecule has 0 aliphatic rings.